The minimum Gasteiger partial charge on any atom is -0.393 e. The fourth-order valence-corrected chi connectivity index (χ4v) is 1.81. The smallest absolute Gasteiger partial charge is 0.127 e. The zero-order valence-electron chi connectivity index (χ0n) is 9.10. The predicted octanol–water partition coefficient (Wildman–Crippen LogP) is 2.85. The van der Waals surface area contributed by atoms with Crippen molar-refractivity contribution in [1.82, 2.24) is 0 Å². The van der Waals surface area contributed by atoms with Gasteiger partial charge in [-0.3, -0.25) is 0 Å². The number of hydrogen-bond acceptors (Lipinski definition) is 3. The molecule has 1 aromatic carbocycles. The van der Waals surface area contributed by atoms with Crippen LogP contribution in [0.2, 0.25) is 0 Å². The second-order valence-electron chi connectivity index (χ2n) is 3.98. The van der Waals surface area contributed by atoms with Crippen LogP contribution in [0.15, 0.2) is 29.4 Å². The Kier molecular flexibility index (Phi) is 3.55. The van der Waals surface area contributed by atoms with Gasteiger partial charge in [-0.2, -0.15) is 5.26 Å². The molecule has 2 rings (SSSR count). The summed E-state index contributed by atoms with van der Waals surface area (Å²) in [6.45, 7) is 0. The summed E-state index contributed by atoms with van der Waals surface area (Å²) in [7, 11) is 0. The Labute approximate surface area is 95.3 Å². The van der Waals surface area contributed by atoms with Crippen LogP contribution in [-0.2, 0) is 4.84 Å². The van der Waals surface area contributed by atoms with Crippen LogP contribution in [0.3, 0.4) is 0 Å². The first-order valence-corrected chi connectivity index (χ1v) is 5.58. The molecule has 1 aromatic rings. The van der Waals surface area contributed by atoms with Crippen molar-refractivity contribution in [1.29, 1.82) is 5.26 Å². The Bertz CT molecular complexity index is 397. The maximum Gasteiger partial charge on any atom is 0.127 e. The number of rotatable bonds is 3. The van der Waals surface area contributed by atoms with Crippen LogP contribution in [-0.4, -0.2) is 12.3 Å². The van der Waals surface area contributed by atoms with E-state index in [9.17, 15) is 0 Å². The Hall–Kier alpha value is -1.82. The number of oxime groups is 1. The number of nitrogens with zero attached hydrogens (tertiary/aromatic N) is 2. The van der Waals surface area contributed by atoms with E-state index in [4.69, 9.17) is 10.1 Å². The predicted molar refractivity (Wildman–Crippen MR) is 62.1 cm³/mol. The second kappa shape index (κ2) is 5.32. The van der Waals surface area contributed by atoms with Crippen LogP contribution in [0, 0.1) is 11.3 Å². The fourth-order valence-electron chi connectivity index (χ4n) is 1.81. The quantitative estimate of drug-likeness (QED) is 0.573. The van der Waals surface area contributed by atoms with E-state index in [1.807, 2.05) is 12.1 Å². The van der Waals surface area contributed by atoms with Crippen molar-refractivity contribution in [3.63, 3.8) is 0 Å². The third-order valence-electron chi connectivity index (χ3n) is 2.75. The van der Waals surface area contributed by atoms with E-state index in [0.29, 0.717) is 11.7 Å². The van der Waals surface area contributed by atoms with Gasteiger partial charge in [0.05, 0.1) is 17.8 Å². The molecular formula is C13H14N2O. The van der Waals surface area contributed by atoms with Crippen LogP contribution in [0.5, 0.6) is 0 Å². The lowest BCUT2D eigenvalue weighted by molar-refractivity contribution is 0.0657. The Morgan fingerprint density at radius 1 is 1.25 bits per heavy atom. The van der Waals surface area contributed by atoms with Crippen molar-refractivity contribution in [3.8, 4) is 6.07 Å². The van der Waals surface area contributed by atoms with Gasteiger partial charge in [0.25, 0.3) is 0 Å². The summed E-state index contributed by atoms with van der Waals surface area (Å²) in [6.07, 6.45) is 6.72. The summed E-state index contributed by atoms with van der Waals surface area (Å²) >= 11 is 0. The van der Waals surface area contributed by atoms with E-state index in [-0.39, 0.29) is 0 Å². The van der Waals surface area contributed by atoms with E-state index < -0.39 is 0 Å². The fraction of sp³-hybridized carbons (Fsp3) is 0.385. The summed E-state index contributed by atoms with van der Waals surface area (Å²) < 4.78 is 0. The molecule has 3 heteroatoms. The van der Waals surface area contributed by atoms with Crippen molar-refractivity contribution < 1.29 is 4.84 Å². The van der Waals surface area contributed by atoms with E-state index in [1.54, 1.807) is 18.3 Å². The molecule has 3 nitrogen and oxygen atoms in total. The molecular weight excluding hydrogens is 200 g/mol. The maximum absolute atomic E-state index is 8.64. The zero-order valence-corrected chi connectivity index (χ0v) is 9.10. The largest absolute Gasteiger partial charge is 0.393 e. The minimum absolute atomic E-state index is 0.301. The first-order valence-electron chi connectivity index (χ1n) is 5.58. The third-order valence-corrected chi connectivity index (χ3v) is 2.75. The molecule has 1 fully saturated rings. The van der Waals surface area contributed by atoms with Gasteiger partial charge in [-0.1, -0.05) is 17.3 Å². The van der Waals surface area contributed by atoms with Gasteiger partial charge in [-0.15, -0.1) is 0 Å². The maximum atomic E-state index is 8.64. The molecule has 82 valence electrons. The minimum atomic E-state index is 0.301. The molecule has 0 spiro atoms. The molecule has 0 atom stereocenters. The molecule has 0 aliphatic heterocycles. The van der Waals surface area contributed by atoms with Gasteiger partial charge in [0, 0.05) is 0 Å². The van der Waals surface area contributed by atoms with Crippen molar-refractivity contribution in [2.45, 2.75) is 31.8 Å². The highest BCUT2D eigenvalue weighted by atomic mass is 16.6. The first kappa shape index (κ1) is 10.7. The van der Waals surface area contributed by atoms with Gasteiger partial charge in [0.1, 0.15) is 6.10 Å². The molecule has 0 heterocycles. The number of hydrogen-bond donors (Lipinski definition) is 0. The average Bonchev–Trinajstić information content (AvgIpc) is 2.83. The molecule has 1 saturated carbocycles. The lowest BCUT2D eigenvalue weighted by Crippen LogP contribution is -2.02. The molecule has 0 aromatic heterocycles. The van der Waals surface area contributed by atoms with Crippen LogP contribution in [0.1, 0.15) is 36.8 Å². The summed E-state index contributed by atoms with van der Waals surface area (Å²) in [6, 6.07) is 9.35. The molecule has 0 bridgehead atoms. The molecule has 1 aliphatic rings. The molecule has 0 unspecified atom stereocenters. The summed E-state index contributed by atoms with van der Waals surface area (Å²) in [5.74, 6) is 0. The lowest BCUT2D eigenvalue weighted by atomic mass is 10.2. The van der Waals surface area contributed by atoms with Crippen LogP contribution in [0.25, 0.3) is 0 Å². The van der Waals surface area contributed by atoms with Crippen molar-refractivity contribution in [2.24, 2.45) is 5.16 Å². The Morgan fingerprint density at radius 3 is 2.56 bits per heavy atom. The summed E-state index contributed by atoms with van der Waals surface area (Å²) in [5.41, 5.74) is 1.62. The van der Waals surface area contributed by atoms with Crippen LogP contribution >= 0.6 is 0 Å². The van der Waals surface area contributed by atoms with E-state index in [1.165, 1.54) is 12.8 Å². The highest BCUT2D eigenvalue weighted by Crippen LogP contribution is 2.20. The number of nitriles is 1. The van der Waals surface area contributed by atoms with E-state index >= 15 is 0 Å². The van der Waals surface area contributed by atoms with Crippen LogP contribution < -0.4 is 0 Å². The van der Waals surface area contributed by atoms with Gasteiger partial charge in [0.2, 0.25) is 0 Å². The Balaban J connectivity index is 1.87. The highest BCUT2D eigenvalue weighted by molar-refractivity contribution is 5.79. The number of benzene rings is 1. The topological polar surface area (TPSA) is 45.4 Å². The van der Waals surface area contributed by atoms with Gasteiger partial charge in [-0.05, 0) is 43.4 Å². The monoisotopic (exact) mass is 214 g/mol. The molecule has 16 heavy (non-hydrogen) atoms. The molecule has 0 N–H and O–H groups in total. The van der Waals surface area contributed by atoms with Gasteiger partial charge in [0.15, 0.2) is 0 Å². The SMILES string of the molecule is N#Cc1ccc(C=NOC2CCCC2)cc1. The summed E-state index contributed by atoms with van der Waals surface area (Å²) in [5, 5.41) is 12.6. The lowest BCUT2D eigenvalue weighted by Gasteiger charge is -2.04. The second-order valence-corrected chi connectivity index (χ2v) is 3.98. The third kappa shape index (κ3) is 2.83. The highest BCUT2D eigenvalue weighted by Gasteiger charge is 2.15. The van der Waals surface area contributed by atoms with E-state index in [2.05, 4.69) is 11.2 Å². The van der Waals surface area contributed by atoms with Gasteiger partial charge >= 0.3 is 0 Å². The van der Waals surface area contributed by atoms with Gasteiger partial charge < -0.3 is 4.84 Å². The zero-order chi connectivity index (χ0) is 11.2. The normalized spacial score (nSPS) is 16.4. The van der Waals surface area contributed by atoms with Crippen molar-refractivity contribution in [2.75, 3.05) is 0 Å². The Morgan fingerprint density at radius 2 is 1.94 bits per heavy atom. The van der Waals surface area contributed by atoms with Crippen molar-refractivity contribution >= 4 is 6.21 Å². The summed E-state index contributed by atoms with van der Waals surface area (Å²) in [4.78, 5) is 5.37. The van der Waals surface area contributed by atoms with Crippen molar-refractivity contribution in [3.05, 3.63) is 35.4 Å². The molecule has 0 radical (unpaired) electrons. The van der Waals surface area contributed by atoms with Crippen LogP contribution in [0.4, 0.5) is 0 Å². The first-order chi connectivity index (χ1) is 7.88. The average molecular weight is 214 g/mol. The molecule has 0 amide bonds. The standard InChI is InChI=1S/C13H14N2O/c14-9-11-5-7-12(8-6-11)10-15-16-13-3-1-2-4-13/h5-8,10,13H,1-4H2. The van der Waals surface area contributed by atoms with Gasteiger partial charge in [-0.25, -0.2) is 0 Å². The molecule has 1 aliphatic carbocycles. The molecule has 0 saturated heterocycles. The van der Waals surface area contributed by atoms with E-state index in [0.717, 1.165) is 18.4 Å².